The van der Waals surface area contributed by atoms with Gasteiger partial charge < -0.3 is 36.4 Å². The number of aliphatic hydroxyl groups is 2. The maximum Gasteiger partial charge on any atom is 0.416 e. The SMILES string of the molecule is CCNC(=O)NCc1ccccc1-c1ccc(CN2C(=O)[C@H](NC(=O)CC(C)(C)NC[C@H](O)CO)CCc3cc(C(F)(F)F)ccc32)cc1. The van der Waals surface area contributed by atoms with Crippen LogP contribution in [-0.2, 0) is 35.3 Å². The maximum absolute atomic E-state index is 14.0. The minimum absolute atomic E-state index is 0.0519. The highest BCUT2D eigenvalue weighted by atomic mass is 19.4. The van der Waals surface area contributed by atoms with Crippen molar-refractivity contribution in [1.82, 2.24) is 21.3 Å². The molecule has 10 nitrogen and oxygen atoms in total. The number of fused-ring (bicyclic) bond motifs is 1. The van der Waals surface area contributed by atoms with Gasteiger partial charge in [-0.2, -0.15) is 13.2 Å². The number of halogens is 3. The Morgan fingerprint density at radius 2 is 1.73 bits per heavy atom. The van der Waals surface area contributed by atoms with Crippen molar-refractivity contribution in [1.29, 1.82) is 0 Å². The largest absolute Gasteiger partial charge is 0.416 e. The first kappa shape index (κ1) is 37.4. The number of anilines is 1. The molecule has 2 atom stereocenters. The van der Waals surface area contributed by atoms with Crippen LogP contribution in [0.4, 0.5) is 23.7 Å². The Labute approximate surface area is 284 Å². The zero-order chi connectivity index (χ0) is 35.8. The first-order valence-electron chi connectivity index (χ1n) is 16.2. The van der Waals surface area contributed by atoms with Gasteiger partial charge in [0.2, 0.25) is 11.8 Å². The van der Waals surface area contributed by atoms with Crippen LogP contribution in [0.25, 0.3) is 11.1 Å². The molecule has 0 saturated carbocycles. The first-order valence-corrected chi connectivity index (χ1v) is 16.2. The van der Waals surface area contributed by atoms with Crippen LogP contribution >= 0.6 is 0 Å². The van der Waals surface area contributed by atoms with Crippen LogP contribution in [0, 0.1) is 0 Å². The fourth-order valence-electron chi connectivity index (χ4n) is 5.75. The number of β-amino-alcohol motifs (C(OH)–C–C–N with tert-alkyl or cyclic N) is 1. The van der Waals surface area contributed by atoms with Crippen LogP contribution in [-0.4, -0.2) is 65.4 Å². The number of aliphatic hydroxyl groups excluding tert-OH is 2. The standard InChI is InChI=1S/C36H44F3N5O5/c1-4-40-34(49)41-19-26-7-5-6-8-29(26)24-11-9-23(10-12-24)21-44-31-16-14-27(36(37,38)39)17-25(31)13-15-30(33(44)48)43-32(47)18-35(2,3)42-20-28(46)22-45/h5-12,14,16-17,28,30,42,45-46H,4,13,15,18-22H2,1-3H3,(H,43,47)(H2,40,41,49)/t28-,30+/m0/s1. The number of hydrogen-bond donors (Lipinski definition) is 6. The Balaban J connectivity index is 1.57. The third-order valence-corrected chi connectivity index (χ3v) is 8.33. The molecule has 1 aliphatic heterocycles. The van der Waals surface area contributed by atoms with E-state index < -0.39 is 47.8 Å². The molecule has 4 amide bonds. The summed E-state index contributed by atoms with van der Waals surface area (Å²) >= 11 is 0. The number of carbonyl (C=O) groups excluding carboxylic acids is 3. The van der Waals surface area contributed by atoms with Crippen molar-refractivity contribution in [2.75, 3.05) is 24.6 Å². The molecule has 0 saturated heterocycles. The highest BCUT2D eigenvalue weighted by molar-refractivity contribution is 6.00. The van der Waals surface area contributed by atoms with Gasteiger partial charge in [0.05, 0.1) is 24.8 Å². The molecule has 0 aliphatic carbocycles. The quantitative estimate of drug-likeness (QED) is 0.159. The van der Waals surface area contributed by atoms with Crippen molar-refractivity contribution < 1.29 is 37.8 Å². The number of nitrogens with one attached hydrogen (secondary N) is 4. The number of benzene rings is 3. The van der Waals surface area contributed by atoms with Gasteiger partial charge in [0.15, 0.2) is 0 Å². The molecule has 264 valence electrons. The molecule has 0 unspecified atom stereocenters. The van der Waals surface area contributed by atoms with E-state index in [4.69, 9.17) is 5.11 Å². The molecule has 0 radical (unpaired) electrons. The van der Waals surface area contributed by atoms with E-state index in [1.54, 1.807) is 13.8 Å². The fourth-order valence-corrected chi connectivity index (χ4v) is 5.75. The van der Waals surface area contributed by atoms with E-state index >= 15 is 0 Å². The van der Waals surface area contributed by atoms with Crippen LogP contribution < -0.4 is 26.2 Å². The predicted molar refractivity (Wildman–Crippen MR) is 180 cm³/mol. The Morgan fingerprint density at radius 1 is 1.02 bits per heavy atom. The van der Waals surface area contributed by atoms with Crippen molar-refractivity contribution in [2.24, 2.45) is 0 Å². The zero-order valence-electron chi connectivity index (χ0n) is 27.9. The fraction of sp³-hybridized carbons (Fsp3) is 0.417. The number of alkyl halides is 3. The second-order valence-corrected chi connectivity index (χ2v) is 12.8. The van der Waals surface area contributed by atoms with Crippen molar-refractivity contribution >= 4 is 23.5 Å². The lowest BCUT2D eigenvalue weighted by molar-refractivity contribution is -0.137. The molecule has 49 heavy (non-hydrogen) atoms. The number of aryl methyl sites for hydroxylation is 1. The molecule has 4 rings (SSSR count). The molecular weight excluding hydrogens is 639 g/mol. The maximum atomic E-state index is 14.0. The molecule has 0 bridgehead atoms. The van der Waals surface area contributed by atoms with E-state index in [0.717, 1.165) is 34.4 Å². The molecule has 0 aromatic heterocycles. The predicted octanol–water partition coefficient (Wildman–Crippen LogP) is 4.27. The summed E-state index contributed by atoms with van der Waals surface area (Å²) in [7, 11) is 0. The molecule has 6 N–H and O–H groups in total. The summed E-state index contributed by atoms with van der Waals surface area (Å²) in [5.74, 6) is -0.889. The lowest BCUT2D eigenvalue weighted by atomic mass is 9.98. The normalized spacial score (nSPS) is 15.6. The number of nitrogens with zero attached hydrogens (tertiary/aromatic N) is 1. The summed E-state index contributed by atoms with van der Waals surface area (Å²) in [6.07, 6.45) is -5.38. The van der Waals surface area contributed by atoms with Gasteiger partial charge in [-0.3, -0.25) is 9.59 Å². The van der Waals surface area contributed by atoms with Crippen LogP contribution in [0.5, 0.6) is 0 Å². The second kappa shape index (κ2) is 16.3. The van der Waals surface area contributed by atoms with Crippen molar-refractivity contribution in [3.63, 3.8) is 0 Å². The number of carbonyl (C=O) groups is 3. The Kier molecular flexibility index (Phi) is 12.4. The van der Waals surface area contributed by atoms with Gasteiger partial charge in [0.1, 0.15) is 6.04 Å². The van der Waals surface area contributed by atoms with Crippen LogP contribution in [0.3, 0.4) is 0 Å². The van der Waals surface area contributed by atoms with E-state index in [2.05, 4.69) is 21.3 Å². The molecule has 1 aliphatic rings. The smallest absolute Gasteiger partial charge is 0.394 e. The van der Waals surface area contributed by atoms with E-state index in [1.807, 2.05) is 55.5 Å². The van der Waals surface area contributed by atoms with E-state index in [-0.39, 0.29) is 38.4 Å². The third kappa shape index (κ3) is 10.3. The molecule has 1 heterocycles. The topological polar surface area (TPSA) is 143 Å². The van der Waals surface area contributed by atoms with Gasteiger partial charge in [-0.15, -0.1) is 0 Å². The lowest BCUT2D eigenvalue weighted by Gasteiger charge is -2.29. The minimum Gasteiger partial charge on any atom is -0.394 e. The van der Waals surface area contributed by atoms with E-state index in [9.17, 15) is 32.7 Å². The van der Waals surface area contributed by atoms with Crippen LogP contribution in [0.1, 0.15) is 55.9 Å². The van der Waals surface area contributed by atoms with Crippen LogP contribution in [0.2, 0.25) is 0 Å². The third-order valence-electron chi connectivity index (χ3n) is 8.33. The van der Waals surface area contributed by atoms with Crippen LogP contribution in [0.15, 0.2) is 66.7 Å². The highest BCUT2D eigenvalue weighted by Crippen LogP contribution is 2.36. The average molecular weight is 684 g/mol. The van der Waals surface area contributed by atoms with Crippen molar-refractivity contribution in [2.45, 2.75) is 77.0 Å². The lowest BCUT2D eigenvalue weighted by Crippen LogP contribution is -2.51. The second-order valence-electron chi connectivity index (χ2n) is 12.8. The number of rotatable bonds is 13. The molecule has 3 aromatic rings. The summed E-state index contributed by atoms with van der Waals surface area (Å²) in [4.78, 5) is 40.5. The summed E-state index contributed by atoms with van der Waals surface area (Å²) in [5.41, 5.74) is 2.52. The van der Waals surface area contributed by atoms with Gasteiger partial charge >= 0.3 is 12.2 Å². The van der Waals surface area contributed by atoms with Gasteiger partial charge in [-0.05, 0) is 79.6 Å². The molecule has 0 fully saturated rings. The summed E-state index contributed by atoms with van der Waals surface area (Å²) < 4.78 is 41.0. The van der Waals surface area contributed by atoms with Gasteiger partial charge in [0, 0.05) is 37.3 Å². The van der Waals surface area contributed by atoms with E-state index in [0.29, 0.717) is 24.3 Å². The Hall–Kier alpha value is -4.46. The number of hydrogen-bond acceptors (Lipinski definition) is 6. The first-order chi connectivity index (χ1) is 23.2. The van der Waals surface area contributed by atoms with Gasteiger partial charge in [-0.1, -0.05) is 48.5 Å². The Morgan fingerprint density at radius 3 is 2.41 bits per heavy atom. The summed E-state index contributed by atoms with van der Waals surface area (Å²) in [6.45, 7) is 5.81. The van der Waals surface area contributed by atoms with Crippen molar-refractivity contribution in [3.8, 4) is 11.1 Å². The summed E-state index contributed by atoms with van der Waals surface area (Å²) in [6, 6.07) is 17.2. The van der Waals surface area contributed by atoms with Crippen molar-refractivity contribution in [3.05, 3.63) is 89.0 Å². The molecule has 13 heteroatoms. The zero-order valence-corrected chi connectivity index (χ0v) is 27.9. The average Bonchev–Trinajstić information content (AvgIpc) is 3.18. The van der Waals surface area contributed by atoms with E-state index in [1.165, 1.54) is 11.0 Å². The molecular formula is C36H44F3N5O5. The van der Waals surface area contributed by atoms with Gasteiger partial charge in [-0.25, -0.2) is 4.79 Å². The van der Waals surface area contributed by atoms with Gasteiger partial charge in [0.25, 0.3) is 0 Å². The number of urea groups is 1. The molecule has 0 spiro atoms. The number of amides is 4. The highest BCUT2D eigenvalue weighted by Gasteiger charge is 2.36. The monoisotopic (exact) mass is 683 g/mol. The molecule has 3 aromatic carbocycles. The minimum atomic E-state index is -4.56. The Bertz CT molecular complexity index is 1610. The summed E-state index contributed by atoms with van der Waals surface area (Å²) in [5, 5.41) is 30.1.